The van der Waals surface area contributed by atoms with Gasteiger partial charge in [-0.2, -0.15) is 5.10 Å². The Morgan fingerprint density at radius 1 is 0.963 bits per heavy atom. The first kappa shape index (κ1) is 17.2. The van der Waals surface area contributed by atoms with Crippen LogP contribution < -0.4 is 15.4 Å². The van der Waals surface area contributed by atoms with Gasteiger partial charge in [0.15, 0.2) is 17.5 Å². The number of anilines is 2. The highest BCUT2D eigenvalue weighted by molar-refractivity contribution is 5.44. The summed E-state index contributed by atoms with van der Waals surface area (Å²) in [6.45, 7) is 6.90. The maximum atomic E-state index is 12.2. The van der Waals surface area contributed by atoms with E-state index in [-0.39, 0.29) is 5.56 Å². The molecule has 0 atom stereocenters. The van der Waals surface area contributed by atoms with E-state index in [1.165, 1.54) is 0 Å². The molecule has 0 aromatic carbocycles. The minimum absolute atomic E-state index is 0.0695. The molecule has 1 aliphatic heterocycles. The van der Waals surface area contributed by atoms with E-state index in [0.29, 0.717) is 24.7 Å². The lowest BCUT2D eigenvalue weighted by Gasteiger charge is -2.35. The quantitative estimate of drug-likeness (QED) is 0.674. The zero-order valence-electron chi connectivity index (χ0n) is 15.7. The summed E-state index contributed by atoms with van der Waals surface area (Å²) in [7, 11) is 1.74. The predicted molar refractivity (Wildman–Crippen MR) is 103 cm³/mol. The van der Waals surface area contributed by atoms with Crippen LogP contribution in [0.2, 0.25) is 0 Å². The van der Waals surface area contributed by atoms with E-state index in [2.05, 4.69) is 25.2 Å². The van der Waals surface area contributed by atoms with Gasteiger partial charge in [-0.1, -0.05) is 0 Å². The van der Waals surface area contributed by atoms with Crippen molar-refractivity contribution in [2.45, 2.75) is 13.8 Å². The van der Waals surface area contributed by atoms with E-state index >= 15 is 0 Å². The van der Waals surface area contributed by atoms with E-state index < -0.39 is 0 Å². The molecule has 9 heteroatoms. The lowest BCUT2D eigenvalue weighted by Crippen LogP contribution is -2.49. The van der Waals surface area contributed by atoms with Crippen LogP contribution in [0.1, 0.15) is 11.4 Å². The monoisotopic (exact) mass is 366 g/mol. The van der Waals surface area contributed by atoms with Crippen LogP contribution in [0, 0.1) is 13.8 Å². The minimum Gasteiger partial charge on any atom is -0.352 e. The van der Waals surface area contributed by atoms with Crippen LogP contribution in [-0.4, -0.2) is 55.7 Å². The highest BCUT2D eigenvalue weighted by atomic mass is 16.1. The van der Waals surface area contributed by atoms with E-state index in [0.717, 1.165) is 30.3 Å². The molecule has 27 heavy (non-hydrogen) atoms. The Morgan fingerprint density at radius 3 is 2.26 bits per heavy atom. The van der Waals surface area contributed by atoms with Crippen molar-refractivity contribution in [2.24, 2.45) is 7.05 Å². The molecule has 0 bridgehead atoms. The first-order valence-corrected chi connectivity index (χ1v) is 8.92. The average Bonchev–Trinajstić information content (AvgIpc) is 3.02. The van der Waals surface area contributed by atoms with Crippen LogP contribution >= 0.6 is 0 Å². The Bertz CT molecular complexity index is 999. The van der Waals surface area contributed by atoms with Crippen molar-refractivity contribution >= 4 is 11.6 Å². The molecular formula is C18H22N8O. The fraction of sp³-hybridized carbons (Fsp3) is 0.389. The third-order valence-electron chi connectivity index (χ3n) is 4.76. The number of nitrogens with zero attached hydrogens (tertiary/aromatic N) is 8. The Morgan fingerprint density at radius 2 is 1.63 bits per heavy atom. The number of aromatic nitrogens is 6. The minimum atomic E-state index is -0.0695. The van der Waals surface area contributed by atoms with Crippen molar-refractivity contribution in [3.05, 3.63) is 52.3 Å². The number of hydrogen-bond donors (Lipinski definition) is 0. The molecule has 0 unspecified atom stereocenters. The second-order valence-electron chi connectivity index (χ2n) is 6.73. The Balaban J connectivity index is 1.46. The van der Waals surface area contributed by atoms with Gasteiger partial charge in [0.25, 0.3) is 5.56 Å². The molecule has 1 saturated heterocycles. The van der Waals surface area contributed by atoms with Crippen LogP contribution in [-0.2, 0) is 7.05 Å². The summed E-state index contributed by atoms with van der Waals surface area (Å²) in [4.78, 5) is 20.7. The Kier molecular flexibility index (Phi) is 4.35. The predicted octanol–water partition coefficient (Wildman–Crippen LogP) is 0.699. The standard InChI is InChI=1S/C18H22N8O/c1-13-12-14(2)26(22-13)16-5-4-15(20-21-16)24-8-10-25(11-9-24)17-18(27)23(3)7-6-19-17/h4-7,12H,8-11H2,1-3H3. The van der Waals surface area contributed by atoms with Crippen molar-refractivity contribution in [2.75, 3.05) is 36.0 Å². The lowest BCUT2D eigenvalue weighted by atomic mass is 10.3. The molecule has 4 heterocycles. The molecule has 140 valence electrons. The van der Waals surface area contributed by atoms with E-state index in [9.17, 15) is 4.79 Å². The van der Waals surface area contributed by atoms with Crippen LogP contribution in [0.15, 0.2) is 35.4 Å². The normalized spacial score (nSPS) is 14.6. The molecule has 4 rings (SSSR count). The molecule has 1 aliphatic rings. The van der Waals surface area contributed by atoms with Gasteiger partial charge in [0.2, 0.25) is 0 Å². The summed E-state index contributed by atoms with van der Waals surface area (Å²) in [6, 6.07) is 5.91. The summed E-state index contributed by atoms with van der Waals surface area (Å²) in [5.41, 5.74) is 1.91. The van der Waals surface area contributed by atoms with Crippen LogP contribution in [0.3, 0.4) is 0 Å². The molecule has 1 fully saturated rings. The summed E-state index contributed by atoms with van der Waals surface area (Å²) in [6.07, 6.45) is 3.33. The van der Waals surface area contributed by atoms with Gasteiger partial charge in [-0.15, -0.1) is 10.2 Å². The molecule has 9 nitrogen and oxygen atoms in total. The number of rotatable bonds is 3. The molecule has 0 saturated carbocycles. The van der Waals surface area contributed by atoms with Gasteiger partial charge < -0.3 is 14.4 Å². The van der Waals surface area contributed by atoms with E-state index in [1.807, 2.05) is 36.9 Å². The van der Waals surface area contributed by atoms with Gasteiger partial charge in [-0.25, -0.2) is 9.67 Å². The van der Waals surface area contributed by atoms with Crippen molar-refractivity contribution in [1.82, 2.24) is 29.5 Å². The number of hydrogen-bond acceptors (Lipinski definition) is 7. The van der Waals surface area contributed by atoms with E-state index in [1.54, 1.807) is 28.7 Å². The van der Waals surface area contributed by atoms with Gasteiger partial charge in [0, 0.05) is 51.3 Å². The number of aryl methyl sites for hydroxylation is 3. The highest BCUT2D eigenvalue weighted by Crippen LogP contribution is 2.16. The lowest BCUT2D eigenvalue weighted by molar-refractivity contribution is 0.629. The summed E-state index contributed by atoms with van der Waals surface area (Å²) in [5.74, 6) is 2.04. The summed E-state index contributed by atoms with van der Waals surface area (Å²) >= 11 is 0. The van der Waals surface area contributed by atoms with Crippen molar-refractivity contribution in [3.8, 4) is 5.82 Å². The largest absolute Gasteiger partial charge is 0.352 e. The van der Waals surface area contributed by atoms with Gasteiger partial charge >= 0.3 is 0 Å². The average molecular weight is 366 g/mol. The van der Waals surface area contributed by atoms with Gasteiger partial charge in [-0.3, -0.25) is 4.79 Å². The SMILES string of the molecule is Cc1cc(C)n(-c2ccc(N3CCN(c4nccn(C)c4=O)CC3)nn2)n1. The van der Waals surface area contributed by atoms with Gasteiger partial charge in [-0.05, 0) is 32.0 Å². The second-order valence-corrected chi connectivity index (χ2v) is 6.73. The molecule has 0 aliphatic carbocycles. The van der Waals surface area contributed by atoms with Crippen molar-refractivity contribution in [1.29, 1.82) is 0 Å². The van der Waals surface area contributed by atoms with Gasteiger partial charge in [0.1, 0.15) is 0 Å². The molecule has 0 amide bonds. The maximum absolute atomic E-state index is 12.2. The Labute approximate surface area is 156 Å². The second kappa shape index (κ2) is 6.82. The maximum Gasteiger partial charge on any atom is 0.293 e. The number of piperazine rings is 1. The topological polar surface area (TPSA) is 85.0 Å². The first-order chi connectivity index (χ1) is 13.0. The summed E-state index contributed by atoms with van der Waals surface area (Å²) in [5, 5.41) is 13.1. The van der Waals surface area contributed by atoms with Crippen LogP contribution in [0.4, 0.5) is 11.6 Å². The fourth-order valence-corrected chi connectivity index (χ4v) is 3.31. The molecular weight excluding hydrogens is 344 g/mol. The highest BCUT2D eigenvalue weighted by Gasteiger charge is 2.21. The third-order valence-corrected chi connectivity index (χ3v) is 4.76. The molecule has 0 radical (unpaired) electrons. The zero-order valence-corrected chi connectivity index (χ0v) is 15.7. The molecule has 3 aromatic rings. The zero-order chi connectivity index (χ0) is 19.0. The first-order valence-electron chi connectivity index (χ1n) is 8.92. The van der Waals surface area contributed by atoms with E-state index in [4.69, 9.17) is 0 Å². The fourth-order valence-electron chi connectivity index (χ4n) is 3.31. The molecule has 0 spiro atoms. The molecule has 3 aromatic heterocycles. The van der Waals surface area contributed by atoms with Crippen molar-refractivity contribution in [3.63, 3.8) is 0 Å². The van der Waals surface area contributed by atoms with Gasteiger partial charge in [0.05, 0.1) is 5.69 Å². The Hall–Kier alpha value is -3.23. The van der Waals surface area contributed by atoms with Crippen LogP contribution in [0.25, 0.3) is 5.82 Å². The summed E-state index contributed by atoms with van der Waals surface area (Å²) < 4.78 is 3.35. The smallest absolute Gasteiger partial charge is 0.293 e. The molecule has 0 N–H and O–H groups in total. The third kappa shape index (κ3) is 3.27. The van der Waals surface area contributed by atoms with Crippen molar-refractivity contribution < 1.29 is 0 Å². The van der Waals surface area contributed by atoms with Crippen LogP contribution in [0.5, 0.6) is 0 Å².